The van der Waals surface area contributed by atoms with E-state index in [4.69, 9.17) is 9.98 Å². The number of hydrogen-bond donors (Lipinski definition) is 2. The number of amidine groups is 1. The molecule has 2 aliphatic rings. The van der Waals surface area contributed by atoms with E-state index in [9.17, 15) is 0 Å². The van der Waals surface area contributed by atoms with Gasteiger partial charge in [0.15, 0.2) is 5.84 Å². The molecule has 2 aromatic rings. The van der Waals surface area contributed by atoms with Gasteiger partial charge in [-0.25, -0.2) is 9.98 Å². The van der Waals surface area contributed by atoms with Crippen molar-refractivity contribution < 1.29 is 4.74 Å². The molecule has 0 spiro atoms. The summed E-state index contributed by atoms with van der Waals surface area (Å²) in [5.74, 6) is 1.01. The standard InChI is InChI=1S/C17H21N5S.C3H8O/c1-2-5-14-21-15-16(22-10-8-18-9-11-22)19-12-6-3-4-7-13(12)20-17(15)23-14;1-3-4-2/h3-4,6-7,18,20H,2,5,8-11H2,1H3;3H2,1-2H3. The molecule has 4 rings (SSSR count). The smallest absolute Gasteiger partial charge is 0.158 e. The van der Waals surface area contributed by atoms with Gasteiger partial charge >= 0.3 is 0 Å². The minimum atomic E-state index is 0.819. The highest BCUT2D eigenvalue weighted by atomic mass is 32.1. The van der Waals surface area contributed by atoms with E-state index in [2.05, 4.69) is 39.3 Å². The molecule has 1 aromatic carbocycles. The number of hydrogen-bond acceptors (Lipinski definition) is 7. The van der Waals surface area contributed by atoms with Crippen LogP contribution in [0.25, 0.3) is 0 Å². The van der Waals surface area contributed by atoms with E-state index in [1.54, 1.807) is 18.4 Å². The number of aliphatic imine (C=N–C) groups is 1. The first-order valence-corrected chi connectivity index (χ1v) is 10.5. The largest absolute Gasteiger partial charge is 0.385 e. The number of rotatable bonds is 3. The van der Waals surface area contributed by atoms with Gasteiger partial charge in [-0.05, 0) is 31.9 Å². The summed E-state index contributed by atoms with van der Waals surface area (Å²) in [5, 5.41) is 9.27. The lowest BCUT2D eigenvalue weighted by Gasteiger charge is -2.29. The van der Waals surface area contributed by atoms with Crippen LogP contribution in [0.15, 0.2) is 29.3 Å². The molecular formula is C20H29N5OS. The quantitative estimate of drug-likeness (QED) is 0.839. The van der Waals surface area contributed by atoms with Gasteiger partial charge in [-0.15, -0.1) is 11.3 Å². The number of piperazine rings is 1. The first-order chi connectivity index (χ1) is 13.3. The Labute approximate surface area is 165 Å². The minimum absolute atomic E-state index is 0.819. The number of aromatic nitrogens is 1. The number of nitrogens with zero attached hydrogens (tertiary/aromatic N) is 3. The highest BCUT2D eigenvalue weighted by molar-refractivity contribution is 7.16. The van der Waals surface area contributed by atoms with Crippen molar-refractivity contribution in [2.24, 2.45) is 4.99 Å². The Hall–Kier alpha value is -1.96. The Kier molecular flexibility index (Phi) is 7.20. The molecule has 2 aliphatic heterocycles. The van der Waals surface area contributed by atoms with E-state index in [0.717, 1.165) is 73.5 Å². The van der Waals surface area contributed by atoms with Crippen LogP contribution in [-0.4, -0.2) is 55.6 Å². The predicted molar refractivity (Wildman–Crippen MR) is 114 cm³/mol. The zero-order chi connectivity index (χ0) is 19.1. The third kappa shape index (κ3) is 4.86. The fourth-order valence-electron chi connectivity index (χ4n) is 2.98. The molecule has 1 aromatic heterocycles. The maximum atomic E-state index is 4.97. The van der Waals surface area contributed by atoms with Crippen LogP contribution in [0.5, 0.6) is 0 Å². The second-order valence-electron chi connectivity index (χ2n) is 6.43. The fourth-order valence-corrected chi connectivity index (χ4v) is 4.06. The Balaban J connectivity index is 0.000000481. The summed E-state index contributed by atoms with van der Waals surface area (Å²) in [5.41, 5.74) is 3.06. The number of anilines is 2. The molecule has 0 radical (unpaired) electrons. The number of fused-ring (bicyclic) bond motifs is 2. The SMILES string of the molecule is CCCc1nc2c(s1)Nc1ccccc1N=C2N1CCNCC1.CCOC. The van der Waals surface area contributed by atoms with Crippen LogP contribution < -0.4 is 10.6 Å². The molecule has 27 heavy (non-hydrogen) atoms. The van der Waals surface area contributed by atoms with E-state index in [1.807, 2.05) is 19.1 Å². The minimum Gasteiger partial charge on any atom is -0.385 e. The molecule has 1 saturated heterocycles. The summed E-state index contributed by atoms with van der Waals surface area (Å²) >= 11 is 1.76. The molecule has 146 valence electrons. The Morgan fingerprint density at radius 3 is 2.63 bits per heavy atom. The van der Waals surface area contributed by atoms with Crippen molar-refractivity contribution in [3.05, 3.63) is 35.0 Å². The van der Waals surface area contributed by atoms with E-state index in [0.29, 0.717) is 0 Å². The van der Waals surface area contributed by atoms with Gasteiger partial charge in [0.1, 0.15) is 10.7 Å². The van der Waals surface area contributed by atoms with Crippen LogP contribution in [0.3, 0.4) is 0 Å². The van der Waals surface area contributed by atoms with Crippen molar-refractivity contribution in [2.45, 2.75) is 26.7 Å². The second-order valence-corrected chi connectivity index (χ2v) is 7.51. The predicted octanol–water partition coefficient (Wildman–Crippen LogP) is 3.79. The molecule has 7 heteroatoms. The molecule has 0 bridgehead atoms. The number of nitrogens with one attached hydrogen (secondary N) is 2. The van der Waals surface area contributed by atoms with Crippen LogP contribution in [0.2, 0.25) is 0 Å². The fraction of sp³-hybridized carbons (Fsp3) is 0.500. The van der Waals surface area contributed by atoms with Gasteiger partial charge in [0.25, 0.3) is 0 Å². The molecule has 0 amide bonds. The third-order valence-corrected chi connectivity index (χ3v) is 5.46. The summed E-state index contributed by atoms with van der Waals surface area (Å²) in [7, 11) is 1.68. The van der Waals surface area contributed by atoms with E-state index >= 15 is 0 Å². The Morgan fingerprint density at radius 2 is 1.93 bits per heavy atom. The van der Waals surface area contributed by atoms with E-state index in [1.165, 1.54) is 5.01 Å². The molecule has 0 saturated carbocycles. The summed E-state index contributed by atoms with van der Waals surface area (Å²) in [6.45, 7) is 8.91. The number of aryl methyl sites for hydroxylation is 1. The molecule has 3 heterocycles. The van der Waals surface area contributed by atoms with Crippen molar-refractivity contribution in [3.63, 3.8) is 0 Å². The van der Waals surface area contributed by atoms with Crippen molar-refractivity contribution in [2.75, 3.05) is 45.2 Å². The number of methoxy groups -OCH3 is 1. The van der Waals surface area contributed by atoms with Crippen molar-refractivity contribution >= 4 is 33.5 Å². The van der Waals surface area contributed by atoms with Gasteiger partial charge in [0.05, 0.1) is 16.4 Å². The molecular weight excluding hydrogens is 358 g/mol. The topological polar surface area (TPSA) is 61.8 Å². The van der Waals surface area contributed by atoms with Crippen molar-refractivity contribution in [1.29, 1.82) is 0 Å². The highest BCUT2D eigenvalue weighted by Crippen LogP contribution is 2.37. The second kappa shape index (κ2) is 9.82. The normalized spacial score (nSPS) is 15.5. The number of ether oxygens (including phenoxy) is 1. The third-order valence-electron chi connectivity index (χ3n) is 4.43. The average Bonchev–Trinajstić information content (AvgIpc) is 3.03. The summed E-state index contributed by atoms with van der Waals surface area (Å²) in [4.78, 5) is 12.2. The van der Waals surface area contributed by atoms with E-state index < -0.39 is 0 Å². The summed E-state index contributed by atoms with van der Waals surface area (Å²) < 4.78 is 4.54. The summed E-state index contributed by atoms with van der Waals surface area (Å²) in [6, 6.07) is 8.23. The van der Waals surface area contributed by atoms with Gasteiger partial charge < -0.3 is 20.3 Å². The van der Waals surface area contributed by atoms with Gasteiger partial charge in [0.2, 0.25) is 0 Å². The van der Waals surface area contributed by atoms with Crippen LogP contribution >= 0.6 is 11.3 Å². The molecule has 0 aliphatic carbocycles. The zero-order valence-electron chi connectivity index (χ0n) is 16.4. The first-order valence-electron chi connectivity index (χ1n) is 9.66. The number of benzene rings is 1. The van der Waals surface area contributed by atoms with Crippen LogP contribution in [0.1, 0.15) is 31.0 Å². The van der Waals surface area contributed by atoms with Crippen molar-refractivity contribution in [1.82, 2.24) is 15.2 Å². The van der Waals surface area contributed by atoms with Gasteiger partial charge in [-0.1, -0.05) is 19.1 Å². The van der Waals surface area contributed by atoms with Crippen LogP contribution in [0.4, 0.5) is 16.4 Å². The maximum absolute atomic E-state index is 4.97. The summed E-state index contributed by atoms with van der Waals surface area (Å²) in [6.07, 6.45) is 2.14. The maximum Gasteiger partial charge on any atom is 0.158 e. The molecule has 0 atom stereocenters. The monoisotopic (exact) mass is 387 g/mol. The average molecular weight is 388 g/mol. The number of thiazole rings is 1. The lowest BCUT2D eigenvalue weighted by Crippen LogP contribution is -2.46. The molecule has 0 unspecified atom stereocenters. The highest BCUT2D eigenvalue weighted by Gasteiger charge is 2.26. The van der Waals surface area contributed by atoms with E-state index in [-0.39, 0.29) is 0 Å². The van der Waals surface area contributed by atoms with Gasteiger partial charge in [-0.2, -0.15) is 0 Å². The lowest BCUT2D eigenvalue weighted by atomic mass is 10.2. The Morgan fingerprint density at radius 1 is 1.19 bits per heavy atom. The molecule has 2 N–H and O–H groups in total. The zero-order valence-corrected chi connectivity index (χ0v) is 17.2. The van der Waals surface area contributed by atoms with Crippen LogP contribution in [0, 0.1) is 0 Å². The van der Waals surface area contributed by atoms with Gasteiger partial charge in [0, 0.05) is 39.9 Å². The van der Waals surface area contributed by atoms with Crippen LogP contribution in [-0.2, 0) is 11.2 Å². The van der Waals surface area contributed by atoms with Crippen molar-refractivity contribution in [3.8, 4) is 0 Å². The number of para-hydroxylation sites is 2. The lowest BCUT2D eigenvalue weighted by molar-refractivity contribution is 0.215. The molecule has 1 fully saturated rings. The van der Waals surface area contributed by atoms with Gasteiger partial charge in [-0.3, -0.25) is 0 Å². The molecule has 6 nitrogen and oxygen atoms in total. The first kappa shape index (κ1) is 19.8. The Bertz CT molecular complexity index is 765.